The zero-order valence-electron chi connectivity index (χ0n) is 16.5. The van der Waals surface area contributed by atoms with Crippen LogP contribution >= 0.6 is 11.6 Å². The normalized spacial score (nSPS) is 19.8. The molecule has 2 unspecified atom stereocenters. The van der Waals surface area contributed by atoms with Gasteiger partial charge in [0.05, 0.1) is 10.6 Å². The van der Waals surface area contributed by atoms with Crippen molar-refractivity contribution in [2.24, 2.45) is 11.8 Å². The first kappa shape index (κ1) is 22.5. The molecule has 1 N–H and O–H groups in total. The van der Waals surface area contributed by atoms with Crippen molar-refractivity contribution in [1.29, 1.82) is 0 Å². The predicted molar refractivity (Wildman–Crippen MR) is 108 cm³/mol. The van der Waals surface area contributed by atoms with E-state index in [2.05, 4.69) is 20.6 Å². The van der Waals surface area contributed by atoms with Crippen LogP contribution in [0.2, 0.25) is 5.02 Å². The van der Waals surface area contributed by atoms with Crippen molar-refractivity contribution < 1.29 is 18.0 Å². The largest absolute Gasteiger partial charge is 0.417 e. The number of nitrogens with one attached hydrogen (secondary N) is 1. The number of hydrogen-bond donors (Lipinski definition) is 1. The molecular weight excluding hydrogens is 417 g/mol. The number of carbonyl (C=O) groups is 1. The molecule has 1 fully saturated rings. The third-order valence-corrected chi connectivity index (χ3v) is 5.87. The number of unbranched alkanes of at least 4 members (excludes halogenated alkanes) is 3. The first-order valence-corrected chi connectivity index (χ1v) is 10.5. The highest BCUT2D eigenvalue weighted by atomic mass is 35.5. The van der Waals surface area contributed by atoms with Crippen molar-refractivity contribution >= 4 is 23.5 Å². The number of Topliss-reactive ketones (excluding diaryl/α,β-unsaturated/α-hetero) is 1. The van der Waals surface area contributed by atoms with Gasteiger partial charge < -0.3 is 0 Å². The maximum Gasteiger partial charge on any atom is 0.417 e. The van der Waals surface area contributed by atoms with E-state index in [1.807, 2.05) is 6.08 Å². The Hall–Kier alpha value is -2.22. The van der Waals surface area contributed by atoms with Crippen molar-refractivity contribution in [2.45, 2.75) is 57.5 Å². The summed E-state index contributed by atoms with van der Waals surface area (Å²) >= 11 is 5.67. The Morgan fingerprint density at radius 3 is 2.73 bits per heavy atom. The Kier molecular flexibility index (Phi) is 7.64. The topological polar surface area (TPSA) is 71.5 Å². The van der Waals surface area contributed by atoms with E-state index in [0.717, 1.165) is 51.0 Å². The van der Waals surface area contributed by atoms with Gasteiger partial charge in [0.2, 0.25) is 0 Å². The van der Waals surface area contributed by atoms with Crippen molar-refractivity contribution in [3.8, 4) is 0 Å². The molecule has 0 amide bonds. The first-order chi connectivity index (χ1) is 14.3. The summed E-state index contributed by atoms with van der Waals surface area (Å²) in [6.45, 7) is 0. The van der Waals surface area contributed by atoms with E-state index in [-0.39, 0.29) is 22.6 Å². The summed E-state index contributed by atoms with van der Waals surface area (Å²) in [5.41, 5.74) is -0.405. The number of alkyl halides is 3. The van der Waals surface area contributed by atoms with Crippen LogP contribution in [-0.4, -0.2) is 26.4 Å². The summed E-state index contributed by atoms with van der Waals surface area (Å²) in [7, 11) is 0. The lowest BCUT2D eigenvalue weighted by atomic mass is 9.89. The zero-order chi connectivity index (χ0) is 21.6. The molecule has 5 nitrogen and oxygen atoms in total. The number of hydrogen-bond acceptors (Lipinski definition) is 4. The van der Waals surface area contributed by atoms with Crippen LogP contribution in [0.1, 0.15) is 61.9 Å². The van der Waals surface area contributed by atoms with Crippen molar-refractivity contribution in [2.75, 3.05) is 0 Å². The number of H-pyrrole nitrogens is 1. The van der Waals surface area contributed by atoms with Crippen LogP contribution in [0.4, 0.5) is 13.2 Å². The fourth-order valence-corrected chi connectivity index (χ4v) is 4.15. The fraction of sp³-hybridized carbons (Fsp3) is 0.524. The lowest BCUT2D eigenvalue weighted by Crippen LogP contribution is -2.13. The van der Waals surface area contributed by atoms with Crippen LogP contribution in [0.3, 0.4) is 0 Å². The number of carbonyl (C=O) groups excluding carboxylic acids is 1. The molecule has 1 aliphatic rings. The van der Waals surface area contributed by atoms with Gasteiger partial charge in [0.25, 0.3) is 0 Å². The molecule has 1 aromatic heterocycles. The first-order valence-electron chi connectivity index (χ1n) is 10.1. The minimum atomic E-state index is -4.49. The molecule has 0 spiro atoms. The summed E-state index contributed by atoms with van der Waals surface area (Å²) in [6.07, 6.45) is 5.91. The molecule has 1 aromatic carbocycles. The van der Waals surface area contributed by atoms with Gasteiger partial charge in [0, 0.05) is 18.8 Å². The van der Waals surface area contributed by atoms with Crippen LogP contribution in [0.5, 0.6) is 0 Å². The average Bonchev–Trinajstić information content (AvgIpc) is 3.33. The number of aromatic nitrogens is 4. The molecular formula is C21H24ClF3N4O. The van der Waals surface area contributed by atoms with E-state index in [1.54, 1.807) is 12.1 Å². The van der Waals surface area contributed by atoms with Crippen LogP contribution in [0.25, 0.3) is 6.08 Å². The summed E-state index contributed by atoms with van der Waals surface area (Å²) in [5, 5.41) is 13.5. The number of nitrogens with zero attached hydrogens (tertiary/aromatic N) is 3. The molecule has 2 atom stereocenters. The monoisotopic (exact) mass is 440 g/mol. The molecule has 1 saturated carbocycles. The second-order valence-electron chi connectivity index (χ2n) is 7.65. The van der Waals surface area contributed by atoms with E-state index in [4.69, 9.17) is 11.6 Å². The molecule has 1 heterocycles. The molecule has 0 aliphatic heterocycles. The zero-order valence-corrected chi connectivity index (χ0v) is 17.2. The van der Waals surface area contributed by atoms with E-state index in [0.29, 0.717) is 17.8 Å². The third kappa shape index (κ3) is 6.14. The quantitative estimate of drug-likeness (QED) is 0.509. The lowest BCUT2D eigenvalue weighted by Gasteiger charge is -2.15. The second-order valence-corrected chi connectivity index (χ2v) is 8.06. The number of allylic oxidation sites excluding steroid dienone is 1. The smallest absolute Gasteiger partial charge is 0.299 e. The van der Waals surface area contributed by atoms with Gasteiger partial charge in [0.1, 0.15) is 5.78 Å². The summed E-state index contributed by atoms with van der Waals surface area (Å²) in [5.74, 6) is 0.986. The fourth-order valence-electron chi connectivity index (χ4n) is 3.93. The van der Waals surface area contributed by atoms with E-state index in [1.165, 1.54) is 6.07 Å². The summed E-state index contributed by atoms with van der Waals surface area (Å²) < 4.78 is 39.1. The minimum absolute atomic E-state index is 0.0483. The second kappa shape index (κ2) is 10.2. The molecule has 9 heteroatoms. The summed E-state index contributed by atoms with van der Waals surface area (Å²) in [4.78, 5) is 12.3. The number of aryl methyl sites for hydroxylation is 1. The molecule has 3 rings (SSSR count). The van der Waals surface area contributed by atoms with Gasteiger partial charge in [-0.3, -0.25) is 4.79 Å². The molecule has 0 saturated heterocycles. The Balaban J connectivity index is 1.49. The van der Waals surface area contributed by atoms with Crippen molar-refractivity contribution in [1.82, 2.24) is 20.6 Å². The maximum absolute atomic E-state index is 13.0. The van der Waals surface area contributed by atoms with Gasteiger partial charge in [-0.05, 0) is 42.9 Å². The highest BCUT2D eigenvalue weighted by molar-refractivity contribution is 6.31. The number of benzene rings is 1. The molecule has 2 aromatic rings. The highest BCUT2D eigenvalue weighted by Crippen LogP contribution is 2.37. The van der Waals surface area contributed by atoms with Crippen LogP contribution in [0.15, 0.2) is 24.3 Å². The minimum Gasteiger partial charge on any atom is -0.299 e. The van der Waals surface area contributed by atoms with Gasteiger partial charge >= 0.3 is 6.18 Å². The van der Waals surface area contributed by atoms with Gasteiger partial charge in [0.15, 0.2) is 5.82 Å². The van der Waals surface area contributed by atoms with Gasteiger partial charge in [-0.25, -0.2) is 0 Å². The molecule has 30 heavy (non-hydrogen) atoms. The van der Waals surface area contributed by atoms with Crippen molar-refractivity contribution in [3.05, 3.63) is 46.2 Å². The standard InChI is InChI=1S/C21H24ClF3N4O/c22-18-11-8-14(13-17(18)21(23,24)25)7-9-15-10-12-19(30)16(15)5-3-1-2-4-6-20-26-28-29-27-20/h7-9,11,13,15-16H,1-6,10,12H2,(H,26,27,28,29)/b9-7+. The Morgan fingerprint density at radius 1 is 1.20 bits per heavy atom. The number of tetrazole rings is 1. The Labute approximate surface area is 178 Å². The van der Waals surface area contributed by atoms with Gasteiger partial charge in [-0.15, -0.1) is 10.2 Å². The molecule has 1 aliphatic carbocycles. The van der Waals surface area contributed by atoms with Gasteiger partial charge in [-0.1, -0.05) is 54.3 Å². The predicted octanol–water partition coefficient (Wildman–Crippen LogP) is 5.67. The maximum atomic E-state index is 13.0. The van der Waals surface area contributed by atoms with E-state index in [9.17, 15) is 18.0 Å². The Bertz CT molecular complexity index is 868. The molecule has 162 valence electrons. The number of halogens is 4. The van der Waals surface area contributed by atoms with Crippen LogP contribution < -0.4 is 0 Å². The van der Waals surface area contributed by atoms with Crippen LogP contribution in [0, 0.1) is 11.8 Å². The average molecular weight is 441 g/mol. The lowest BCUT2D eigenvalue weighted by molar-refractivity contribution is -0.137. The number of ketones is 1. The molecule has 0 bridgehead atoms. The van der Waals surface area contributed by atoms with Crippen LogP contribution in [-0.2, 0) is 17.4 Å². The SMILES string of the molecule is O=C1CCC(/C=C/c2ccc(Cl)c(C(F)(F)F)c2)C1CCCCCCc1nn[nH]n1. The van der Waals surface area contributed by atoms with Gasteiger partial charge in [-0.2, -0.15) is 18.4 Å². The third-order valence-electron chi connectivity index (χ3n) is 5.54. The number of aromatic amines is 1. The molecule has 0 radical (unpaired) electrons. The number of rotatable bonds is 9. The Morgan fingerprint density at radius 2 is 2.00 bits per heavy atom. The van der Waals surface area contributed by atoms with E-state index >= 15 is 0 Å². The highest BCUT2D eigenvalue weighted by Gasteiger charge is 2.34. The van der Waals surface area contributed by atoms with E-state index < -0.39 is 11.7 Å². The summed E-state index contributed by atoms with van der Waals surface area (Å²) in [6, 6.07) is 3.87. The van der Waals surface area contributed by atoms with Crippen molar-refractivity contribution in [3.63, 3.8) is 0 Å².